The van der Waals surface area contributed by atoms with Crippen LogP contribution in [0.25, 0.3) is 5.69 Å². The van der Waals surface area contributed by atoms with Gasteiger partial charge in [0.2, 0.25) is 10.0 Å². The number of para-hydroxylation sites is 1. The van der Waals surface area contributed by atoms with Gasteiger partial charge in [-0.1, -0.05) is 39.0 Å². The van der Waals surface area contributed by atoms with Crippen LogP contribution in [0.1, 0.15) is 52.4 Å². The molecule has 1 aromatic heterocycles. The van der Waals surface area contributed by atoms with E-state index in [2.05, 4.69) is 30.6 Å². The van der Waals surface area contributed by atoms with E-state index in [1.807, 2.05) is 44.2 Å². The molecular formula is C19H29N3O2S. The Morgan fingerprint density at radius 1 is 1.04 bits per heavy atom. The van der Waals surface area contributed by atoms with E-state index < -0.39 is 15.6 Å². The van der Waals surface area contributed by atoms with E-state index in [4.69, 9.17) is 0 Å². The van der Waals surface area contributed by atoms with E-state index in [0.717, 1.165) is 12.1 Å². The predicted molar refractivity (Wildman–Crippen MR) is 102 cm³/mol. The molecule has 0 spiro atoms. The lowest BCUT2D eigenvalue weighted by Gasteiger charge is -2.33. The SMILES string of the molecule is Cc1nn(-c2ccccc2)c(C)c1S(=O)(=O)NC(C)(C)CC(C)(C)C. The first kappa shape index (κ1) is 19.7. The maximum atomic E-state index is 13.1. The standard InChI is InChI=1S/C19H29N3O2S/c1-14-17(15(2)22(20-14)16-11-9-8-10-12-16)25(23,24)21-19(6,7)13-18(3,4)5/h8-12,21H,13H2,1-7H3. The molecule has 0 fully saturated rings. The van der Waals surface area contributed by atoms with Crippen LogP contribution in [0, 0.1) is 19.3 Å². The highest BCUT2D eigenvalue weighted by molar-refractivity contribution is 7.89. The number of benzene rings is 1. The van der Waals surface area contributed by atoms with E-state index in [-0.39, 0.29) is 10.3 Å². The zero-order valence-electron chi connectivity index (χ0n) is 16.2. The van der Waals surface area contributed by atoms with Gasteiger partial charge in [0.05, 0.1) is 17.1 Å². The smallest absolute Gasteiger partial charge is 0.236 e. The van der Waals surface area contributed by atoms with Gasteiger partial charge in [-0.3, -0.25) is 0 Å². The number of rotatable bonds is 5. The molecule has 25 heavy (non-hydrogen) atoms. The van der Waals surface area contributed by atoms with E-state index in [0.29, 0.717) is 11.4 Å². The molecule has 0 aliphatic rings. The zero-order valence-corrected chi connectivity index (χ0v) is 17.0. The molecule has 0 atom stereocenters. The van der Waals surface area contributed by atoms with Crippen molar-refractivity contribution in [2.45, 2.75) is 65.3 Å². The minimum atomic E-state index is -3.67. The Morgan fingerprint density at radius 2 is 1.60 bits per heavy atom. The first-order valence-electron chi connectivity index (χ1n) is 8.48. The zero-order chi connectivity index (χ0) is 19.0. The van der Waals surface area contributed by atoms with Crippen LogP contribution >= 0.6 is 0 Å². The highest BCUT2D eigenvalue weighted by atomic mass is 32.2. The molecule has 0 amide bonds. The number of nitrogens with one attached hydrogen (secondary N) is 1. The summed E-state index contributed by atoms with van der Waals surface area (Å²) in [5, 5.41) is 4.45. The van der Waals surface area contributed by atoms with Gasteiger partial charge in [-0.2, -0.15) is 5.10 Å². The molecule has 2 rings (SSSR count). The highest BCUT2D eigenvalue weighted by Gasteiger charge is 2.33. The molecule has 0 aliphatic carbocycles. The Bertz CT molecular complexity index is 845. The monoisotopic (exact) mass is 363 g/mol. The Labute approximate surface area is 151 Å². The molecule has 5 nitrogen and oxygen atoms in total. The van der Waals surface area contributed by atoms with E-state index in [9.17, 15) is 8.42 Å². The minimum Gasteiger partial charge on any atom is -0.236 e. The average molecular weight is 364 g/mol. The fourth-order valence-electron chi connectivity index (χ4n) is 3.61. The second-order valence-corrected chi connectivity index (χ2v) is 10.1. The van der Waals surface area contributed by atoms with Crippen molar-refractivity contribution in [1.82, 2.24) is 14.5 Å². The quantitative estimate of drug-likeness (QED) is 0.874. The van der Waals surface area contributed by atoms with E-state index in [1.165, 1.54) is 0 Å². The van der Waals surface area contributed by atoms with Crippen molar-refractivity contribution in [2.24, 2.45) is 5.41 Å². The van der Waals surface area contributed by atoms with Crippen molar-refractivity contribution in [1.29, 1.82) is 0 Å². The van der Waals surface area contributed by atoms with Gasteiger partial charge in [0, 0.05) is 5.54 Å². The maximum absolute atomic E-state index is 13.1. The van der Waals surface area contributed by atoms with E-state index in [1.54, 1.807) is 18.5 Å². The Hall–Kier alpha value is -1.66. The van der Waals surface area contributed by atoms with Crippen LogP contribution in [0.5, 0.6) is 0 Å². The summed E-state index contributed by atoms with van der Waals surface area (Å²) in [5.41, 5.74) is 1.43. The van der Waals surface area contributed by atoms with Crippen LogP contribution in [0.15, 0.2) is 35.2 Å². The lowest BCUT2D eigenvalue weighted by Crippen LogP contribution is -2.45. The summed E-state index contributed by atoms with van der Waals surface area (Å²) >= 11 is 0. The van der Waals surface area contributed by atoms with Gasteiger partial charge < -0.3 is 0 Å². The molecule has 0 saturated heterocycles. The molecule has 2 aromatic rings. The van der Waals surface area contributed by atoms with Crippen LogP contribution in [-0.2, 0) is 10.0 Å². The van der Waals surface area contributed by atoms with Crippen molar-refractivity contribution in [2.75, 3.05) is 0 Å². The molecule has 1 aromatic carbocycles. The topological polar surface area (TPSA) is 64.0 Å². The van der Waals surface area contributed by atoms with E-state index >= 15 is 0 Å². The summed E-state index contributed by atoms with van der Waals surface area (Å²) < 4.78 is 30.7. The molecule has 0 radical (unpaired) electrons. The molecule has 0 unspecified atom stereocenters. The van der Waals surface area contributed by atoms with Gasteiger partial charge in [-0.05, 0) is 51.7 Å². The first-order chi connectivity index (χ1) is 11.3. The van der Waals surface area contributed by atoms with Gasteiger partial charge in [0.1, 0.15) is 4.90 Å². The van der Waals surface area contributed by atoms with Crippen LogP contribution in [0.2, 0.25) is 0 Å². The highest BCUT2D eigenvalue weighted by Crippen LogP contribution is 2.29. The summed E-state index contributed by atoms with van der Waals surface area (Å²) in [6.45, 7) is 13.7. The Morgan fingerprint density at radius 3 is 2.12 bits per heavy atom. The third-order valence-electron chi connectivity index (χ3n) is 3.88. The fourth-order valence-corrected chi connectivity index (χ4v) is 5.42. The Balaban J connectivity index is 2.43. The molecule has 0 aliphatic heterocycles. The first-order valence-corrected chi connectivity index (χ1v) is 9.96. The van der Waals surface area contributed by atoms with Gasteiger partial charge in [-0.15, -0.1) is 0 Å². The predicted octanol–water partition coefficient (Wildman–Crippen LogP) is 3.98. The van der Waals surface area contributed by atoms with Crippen LogP contribution in [0.4, 0.5) is 0 Å². The molecule has 6 heteroatoms. The van der Waals surface area contributed by atoms with Crippen molar-refractivity contribution < 1.29 is 8.42 Å². The number of aromatic nitrogens is 2. The molecule has 0 saturated carbocycles. The van der Waals surface area contributed by atoms with Gasteiger partial charge in [-0.25, -0.2) is 17.8 Å². The normalized spacial score (nSPS) is 13.2. The third-order valence-corrected chi connectivity index (χ3v) is 5.83. The summed E-state index contributed by atoms with van der Waals surface area (Å²) in [6.07, 6.45) is 0.726. The van der Waals surface area contributed by atoms with Crippen molar-refractivity contribution in [3.8, 4) is 5.69 Å². The third kappa shape index (κ3) is 4.70. The fraction of sp³-hybridized carbons (Fsp3) is 0.526. The molecular weight excluding hydrogens is 334 g/mol. The number of hydrogen-bond donors (Lipinski definition) is 1. The summed E-state index contributed by atoms with van der Waals surface area (Å²) in [4.78, 5) is 0.262. The molecule has 1 N–H and O–H groups in total. The largest absolute Gasteiger partial charge is 0.244 e. The van der Waals surface area contributed by atoms with Crippen LogP contribution in [-0.4, -0.2) is 23.7 Å². The number of nitrogens with zero attached hydrogens (tertiary/aromatic N) is 2. The second-order valence-electron chi connectivity index (χ2n) is 8.47. The lowest BCUT2D eigenvalue weighted by atomic mass is 9.82. The second kappa shape index (κ2) is 6.57. The molecule has 1 heterocycles. The lowest BCUT2D eigenvalue weighted by molar-refractivity contribution is 0.269. The van der Waals surface area contributed by atoms with Crippen LogP contribution in [0.3, 0.4) is 0 Å². The number of aryl methyl sites for hydroxylation is 1. The van der Waals surface area contributed by atoms with Crippen molar-refractivity contribution in [3.63, 3.8) is 0 Å². The Kier molecular flexibility index (Phi) is 5.17. The van der Waals surface area contributed by atoms with Gasteiger partial charge in [0.15, 0.2) is 0 Å². The molecule has 0 bridgehead atoms. The van der Waals surface area contributed by atoms with Crippen molar-refractivity contribution >= 4 is 10.0 Å². The van der Waals surface area contributed by atoms with Gasteiger partial charge >= 0.3 is 0 Å². The average Bonchev–Trinajstić information content (AvgIpc) is 2.71. The van der Waals surface area contributed by atoms with Crippen molar-refractivity contribution in [3.05, 3.63) is 41.7 Å². The van der Waals surface area contributed by atoms with Gasteiger partial charge in [0.25, 0.3) is 0 Å². The summed E-state index contributed by atoms with van der Waals surface area (Å²) in [5.74, 6) is 0. The number of sulfonamides is 1. The summed E-state index contributed by atoms with van der Waals surface area (Å²) in [6, 6.07) is 9.55. The minimum absolute atomic E-state index is 0.0182. The van der Waals surface area contributed by atoms with Crippen LogP contribution < -0.4 is 4.72 Å². The number of hydrogen-bond acceptors (Lipinski definition) is 3. The summed E-state index contributed by atoms with van der Waals surface area (Å²) in [7, 11) is -3.67. The maximum Gasteiger partial charge on any atom is 0.244 e. The molecule has 138 valence electrons.